The summed E-state index contributed by atoms with van der Waals surface area (Å²) in [5.74, 6) is 2.50. The van der Waals surface area contributed by atoms with Crippen LogP contribution in [0.2, 0.25) is 0 Å². The van der Waals surface area contributed by atoms with Gasteiger partial charge in [0, 0.05) is 38.9 Å². The van der Waals surface area contributed by atoms with Crippen LogP contribution in [0, 0.1) is 12.8 Å². The van der Waals surface area contributed by atoms with E-state index >= 15 is 0 Å². The number of carbonyl (C=O) groups is 1. The van der Waals surface area contributed by atoms with Crippen molar-refractivity contribution >= 4 is 17.7 Å². The molecule has 0 aromatic carbocycles. The van der Waals surface area contributed by atoms with Crippen LogP contribution in [0.25, 0.3) is 0 Å². The molecule has 0 atom stereocenters. The van der Waals surface area contributed by atoms with Gasteiger partial charge in [0.1, 0.15) is 11.6 Å². The second kappa shape index (κ2) is 7.55. The van der Waals surface area contributed by atoms with Crippen LogP contribution in [-0.4, -0.2) is 33.9 Å². The van der Waals surface area contributed by atoms with Gasteiger partial charge in [0.2, 0.25) is 0 Å². The van der Waals surface area contributed by atoms with E-state index in [9.17, 15) is 4.79 Å². The Balaban J connectivity index is 1.50. The fourth-order valence-corrected chi connectivity index (χ4v) is 3.02. The fraction of sp³-hybridized carbons (Fsp3) is 0.500. The van der Waals surface area contributed by atoms with Gasteiger partial charge in [0.05, 0.1) is 5.69 Å². The Hall–Kier alpha value is -2.57. The summed E-state index contributed by atoms with van der Waals surface area (Å²) in [5.41, 5.74) is 1.84. The Kier molecular flexibility index (Phi) is 5.21. The average molecular weight is 342 g/mol. The van der Waals surface area contributed by atoms with E-state index in [4.69, 9.17) is 0 Å². The molecule has 7 heteroatoms. The minimum atomic E-state index is -0.253. The Morgan fingerprint density at radius 3 is 2.68 bits per heavy atom. The van der Waals surface area contributed by atoms with Crippen molar-refractivity contribution in [3.05, 3.63) is 35.7 Å². The van der Waals surface area contributed by atoms with Gasteiger partial charge in [-0.15, -0.1) is 0 Å². The van der Waals surface area contributed by atoms with Crippen LogP contribution in [0.5, 0.6) is 0 Å². The van der Waals surface area contributed by atoms with E-state index in [-0.39, 0.29) is 6.03 Å². The molecule has 2 amide bonds. The third-order valence-corrected chi connectivity index (χ3v) is 4.61. The van der Waals surface area contributed by atoms with Crippen LogP contribution in [0.4, 0.5) is 16.4 Å². The average Bonchev–Trinajstić information content (AvgIpc) is 2.91. The van der Waals surface area contributed by atoms with Gasteiger partial charge in [-0.05, 0) is 37.3 Å². The third kappa shape index (κ3) is 4.49. The highest BCUT2D eigenvalue weighted by Gasteiger charge is 2.16. The lowest BCUT2D eigenvalue weighted by atomic mass is 9.99. The van der Waals surface area contributed by atoms with Gasteiger partial charge in [0.15, 0.2) is 0 Å². The summed E-state index contributed by atoms with van der Waals surface area (Å²) in [4.78, 5) is 18.9. The standard InChI is InChI=1S/C18H26N6O/c1-13-6-8-24(9-7-13)16-5-4-15(11-19-16)12-20-18(25)21-17-10-14(2)22-23(17)3/h4-5,10-11,13H,6-9,12H2,1-3H3,(H2,20,21,25). The van der Waals surface area contributed by atoms with Crippen molar-refractivity contribution in [3.63, 3.8) is 0 Å². The third-order valence-electron chi connectivity index (χ3n) is 4.61. The van der Waals surface area contributed by atoms with Crippen molar-refractivity contribution in [1.82, 2.24) is 20.1 Å². The minimum Gasteiger partial charge on any atom is -0.357 e. The highest BCUT2D eigenvalue weighted by atomic mass is 16.2. The predicted molar refractivity (Wildman–Crippen MR) is 98.7 cm³/mol. The van der Waals surface area contributed by atoms with Crippen molar-refractivity contribution in [2.24, 2.45) is 13.0 Å². The van der Waals surface area contributed by atoms with Crippen molar-refractivity contribution in [3.8, 4) is 0 Å². The number of carbonyl (C=O) groups excluding carboxylic acids is 1. The second-order valence-corrected chi connectivity index (χ2v) is 6.80. The zero-order valence-electron chi connectivity index (χ0n) is 15.1. The summed E-state index contributed by atoms with van der Waals surface area (Å²) >= 11 is 0. The molecule has 2 aromatic rings. The summed E-state index contributed by atoms with van der Waals surface area (Å²) in [6, 6.07) is 5.64. The number of piperidine rings is 1. The molecule has 0 unspecified atom stereocenters. The molecule has 3 rings (SSSR count). The Morgan fingerprint density at radius 2 is 2.08 bits per heavy atom. The molecule has 0 aliphatic carbocycles. The number of hydrogen-bond acceptors (Lipinski definition) is 4. The summed E-state index contributed by atoms with van der Waals surface area (Å²) in [6.07, 6.45) is 4.28. The van der Waals surface area contributed by atoms with Gasteiger partial charge in [-0.1, -0.05) is 13.0 Å². The van der Waals surface area contributed by atoms with Crippen molar-refractivity contribution < 1.29 is 4.79 Å². The topological polar surface area (TPSA) is 75.1 Å². The number of nitrogens with one attached hydrogen (secondary N) is 2. The minimum absolute atomic E-state index is 0.253. The van der Waals surface area contributed by atoms with Gasteiger partial charge in [-0.25, -0.2) is 9.78 Å². The smallest absolute Gasteiger partial charge is 0.320 e. The van der Waals surface area contributed by atoms with Gasteiger partial charge >= 0.3 is 6.03 Å². The summed E-state index contributed by atoms with van der Waals surface area (Å²) in [7, 11) is 1.80. The molecule has 0 saturated carbocycles. The highest BCUT2D eigenvalue weighted by Crippen LogP contribution is 2.21. The molecule has 25 heavy (non-hydrogen) atoms. The number of rotatable bonds is 4. The van der Waals surface area contributed by atoms with E-state index in [0.29, 0.717) is 12.4 Å². The second-order valence-electron chi connectivity index (χ2n) is 6.80. The first-order valence-electron chi connectivity index (χ1n) is 8.76. The number of urea groups is 1. The molecule has 3 heterocycles. The predicted octanol–water partition coefficient (Wildman–Crippen LogP) is 2.68. The molecule has 1 saturated heterocycles. The van der Waals surface area contributed by atoms with Crippen LogP contribution in [0.15, 0.2) is 24.4 Å². The van der Waals surface area contributed by atoms with E-state index in [1.54, 1.807) is 11.7 Å². The number of anilines is 2. The van der Waals surface area contributed by atoms with E-state index in [1.807, 2.05) is 31.3 Å². The molecular formula is C18H26N6O. The maximum absolute atomic E-state index is 12.0. The lowest BCUT2D eigenvalue weighted by molar-refractivity contribution is 0.251. The molecular weight excluding hydrogens is 316 g/mol. The monoisotopic (exact) mass is 342 g/mol. The largest absolute Gasteiger partial charge is 0.357 e. The summed E-state index contributed by atoms with van der Waals surface area (Å²) in [6.45, 7) is 6.76. The van der Waals surface area contributed by atoms with Gasteiger partial charge < -0.3 is 10.2 Å². The van der Waals surface area contributed by atoms with Crippen LogP contribution in [0.1, 0.15) is 31.0 Å². The number of pyridine rings is 1. The number of aryl methyl sites for hydroxylation is 2. The summed E-state index contributed by atoms with van der Waals surface area (Å²) in [5, 5.41) is 9.83. The molecule has 134 valence electrons. The first-order chi connectivity index (χ1) is 12.0. The normalized spacial score (nSPS) is 15.2. The van der Waals surface area contributed by atoms with Crippen molar-refractivity contribution in [1.29, 1.82) is 0 Å². The van der Waals surface area contributed by atoms with Gasteiger partial charge in [-0.2, -0.15) is 5.10 Å². The Morgan fingerprint density at radius 1 is 1.32 bits per heavy atom. The Bertz CT molecular complexity index is 716. The molecule has 7 nitrogen and oxygen atoms in total. The number of hydrogen-bond donors (Lipinski definition) is 2. The maximum atomic E-state index is 12.0. The molecule has 2 N–H and O–H groups in total. The lowest BCUT2D eigenvalue weighted by Gasteiger charge is -2.31. The van der Waals surface area contributed by atoms with Crippen molar-refractivity contribution in [2.75, 3.05) is 23.3 Å². The number of aromatic nitrogens is 3. The van der Waals surface area contributed by atoms with Crippen LogP contribution in [0.3, 0.4) is 0 Å². The van der Waals surface area contributed by atoms with E-state index in [2.05, 4.69) is 32.5 Å². The molecule has 2 aromatic heterocycles. The molecule has 1 aliphatic rings. The van der Waals surface area contributed by atoms with E-state index < -0.39 is 0 Å². The zero-order chi connectivity index (χ0) is 17.8. The Labute approximate surface area is 148 Å². The van der Waals surface area contributed by atoms with Crippen LogP contribution in [-0.2, 0) is 13.6 Å². The van der Waals surface area contributed by atoms with E-state index in [0.717, 1.165) is 36.1 Å². The quantitative estimate of drug-likeness (QED) is 0.896. The number of nitrogens with zero attached hydrogens (tertiary/aromatic N) is 4. The zero-order valence-corrected chi connectivity index (χ0v) is 15.1. The SMILES string of the molecule is Cc1cc(NC(=O)NCc2ccc(N3CCC(C)CC3)nc2)n(C)n1. The maximum Gasteiger partial charge on any atom is 0.320 e. The van der Waals surface area contributed by atoms with Gasteiger partial charge in [-0.3, -0.25) is 10.00 Å². The van der Waals surface area contributed by atoms with Gasteiger partial charge in [0.25, 0.3) is 0 Å². The lowest BCUT2D eigenvalue weighted by Crippen LogP contribution is -2.33. The molecule has 1 fully saturated rings. The van der Waals surface area contributed by atoms with Crippen LogP contribution < -0.4 is 15.5 Å². The first-order valence-corrected chi connectivity index (χ1v) is 8.76. The molecule has 0 bridgehead atoms. The highest BCUT2D eigenvalue weighted by molar-refractivity contribution is 5.88. The summed E-state index contributed by atoms with van der Waals surface area (Å²) < 4.78 is 1.64. The number of amides is 2. The van der Waals surface area contributed by atoms with Crippen molar-refractivity contribution in [2.45, 2.75) is 33.2 Å². The first kappa shape index (κ1) is 17.3. The fourth-order valence-electron chi connectivity index (χ4n) is 3.02. The van der Waals surface area contributed by atoms with Crippen LogP contribution >= 0.6 is 0 Å². The molecule has 0 radical (unpaired) electrons. The molecule has 1 aliphatic heterocycles. The molecule has 0 spiro atoms. The van der Waals surface area contributed by atoms with E-state index in [1.165, 1.54) is 12.8 Å².